The summed E-state index contributed by atoms with van der Waals surface area (Å²) < 4.78 is 11.2. The lowest BCUT2D eigenvalue weighted by atomic mass is 9.94. The minimum Gasteiger partial charge on any atom is -0.259 e. The first-order valence-electron chi connectivity index (χ1n) is 3.98. The quantitative estimate of drug-likeness (QED) is 0.571. The standard InChI is InChI=1S/C8H16OS/c1-6(2)8-4-7(3)10(9)5-8/h6-8H,4-5H2,1-3H3/t7-,8?,10?/m0/s1. The Morgan fingerprint density at radius 1 is 1.50 bits per heavy atom. The van der Waals surface area contributed by atoms with Crippen LogP contribution >= 0.6 is 0 Å². The summed E-state index contributed by atoms with van der Waals surface area (Å²) in [6, 6.07) is 0. The molecule has 0 amide bonds. The van der Waals surface area contributed by atoms with Gasteiger partial charge in [-0.15, -0.1) is 0 Å². The normalized spacial score (nSPS) is 41.0. The molecule has 1 fully saturated rings. The van der Waals surface area contributed by atoms with E-state index in [4.69, 9.17) is 0 Å². The third-order valence-corrected chi connectivity index (χ3v) is 4.25. The molecule has 0 aromatic heterocycles. The zero-order valence-electron chi connectivity index (χ0n) is 6.96. The molecule has 0 aromatic rings. The lowest BCUT2D eigenvalue weighted by molar-refractivity contribution is 0.415. The molecule has 60 valence electrons. The monoisotopic (exact) mass is 160 g/mol. The smallest absolute Gasteiger partial charge is 0.0322 e. The van der Waals surface area contributed by atoms with Gasteiger partial charge in [-0.25, -0.2) is 0 Å². The van der Waals surface area contributed by atoms with Crippen molar-refractivity contribution in [2.24, 2.45) is 11.8 Å². The summed E-state index contributed by atoms with van der Waals surface area (Å²) in [6.07, 6.45) is 1.17. The van der Waals surface area contributed by atoms with Crippen LogP contribution < -0.4 is 0 Å². The maximum absolute atomic E-state index is 11.2. The molecular formula is C8H16OS. The van der Waals surface area contributed by atoms with E-state index in [-0.39, 0.29) is 0 Å². The van der Waals surface area contributed by atoms with E-state index in [1.165, 1.54) is 6.42 Å². The van der Waals surface area contributed by atoms with Gasteiger partial charge in [-0.1, -0.05) is 20.8 Å². The fourth-order valence-corrected chi connectivity index (χ4v) is 3.17. The highest BCUT2D eigenvalue weighted by molar-refractivity contribution is 7.85. The lowest BCUT2D eigenvalue weighted by Crippen LogP contribution is -2.07. The molecule has 1 aliphatic rings. The molecule has 2 unspecified atom stereocenters. The van der Waals surface area contributed by atoms with Gasteiger partial charge in [0.2, 0.25) is 0 Å². The van der Waals surface area contributed by atoms with Crippen molar-refractivity contribution in [3.05, 3.63) is 0 Å². The highest BCUT2D eigenvalue weighted by Gasteiger charge is 2.29. The van der Waals surface area contributed by atoms with Crippen molar-refractivity contribution in [1.82, 2.24) is 0 Å². The predicted octanol–water partition coefficient (Wildman–Crippen LogP) is 1.80. The highest BCUT2D eigenvalue weighted by Crippen LogP contribution is 2.27. The van der Waals surface area contributed by atoms with Crippen molar-refractivity contribution in [1.29, 1.82) is 0 Å². The first kappa shape index (κ1) is 8.25. The molecule has 0 bridgehead atoms. The molecule has 0 radical (unpaired) electrons. The molecule has 1 saturated heterocycles. The van der Waals surface area contributed by atoms with Crippen LogP contribution in [0.15, 0.2) is 0 Å². The Balaban J connectivity index is 2.49. The van der Waals surface area contributed by atoms with Crippen LogP contribution in [-0.2, 0) is 10.8 Å². The molecule has 0 N–H and O–H groups in total. The van der Waals surface area contributed by atoms with Gasteiger partial charge < -0.3 is 0 Å². The molecule has 1 nitrogen and oxygen atoms in total. The van der Waals surface area contributed by atoms with Crippen molar-refractivity contribution in [2.75, 3.05) is 5.75 Å². The molecule has 1 rings (SSSR count). The van der Waals surface area contributed by atoms with E-state index in [1.54, 1.807) is 0 Å². The van der Waals surface area contributed by atoms with Gasteiger partial charge in [0.1, 0.15) is 0 Å². The number of rotatable bonds is 1. The van der Waals surface area contributed by atoms with Gasteiger partial charge in [-0.3, -0.25) is 4.21 Å². The summed E-state index contributed by atoms with van der Waals surface area (Å²) in [4.78, 5) is 0. The van der Waals surface area contributed by atoms with Crippen molar-refractivity contribution in [3.63, 3.8) is 0 Å². The number of hydrogen-bond acceptors (Lipinski definition) is 1. The maximum Gasteiger partial charge on any atom is 0.0322 e. The zero-order chi connectivity index (χ0) is 7.72. The molecule has 0 spiro atoms. The fourth-order valence-electron chi connectivity index (χ4n) is 1.44. The van der Waals surface area contributed by atoms with Gasteiger partial charge in [0.15, 0.2) is 0 Å². The topological polar surface area (TPSA) is 17.1 Å². The molecule has 0 saturated carbocycles. The summed E-state index contributed by atoms with van der Waals surface area (Å²) in [7, 11) is -0.518. The van der Waals surface area contributed by atoms with Gasteiger partial charge in [0.05, 0.1) is 0 Å². The number of hydrogen-bond donors (Lipinski definition) is 0. The zero-order valence-corrected chi connectivity index (χ0v) is 7.78. The molecule has 1 aliphatic heterocycles. The van der Waals surface area contributed by atoms with Crippen LogP contribution in [0.1, 0.15) is 27.2 Å². The Bertz CT molecular complexity index is 142. The summed E-state index contributed by atoms with van der Waals surface area (Å²) in [6.45, 7) is 6.54. The second-order valence-corrected chi connectivity index (χ2v) is 5.50. The van der Waals surface area contributed by atoms with Crippen LogP contribution in [0.5, 0.6) is 0 Å². The molecule has 10 heavy (non-hydrogen) atoms. The Morgan fingerprint density at radius 2 is 2.10 bits per heavy atom. The van der Waals surface area contributed by atoms with E-state index in [1.807, 2.05) is 0 Å². The Morgan fingerprint density at radius 3 is 2.30 bits per heavy atom. The lowest BCUT2D eigenvalue weighted by Gasteiger charge is -2.10. The molecule has 0 aromatic carbocycles. The van der Waals surface area contributed by atoms with Crippen molar-refractivity contribution in [3.8, 4) is 0 Å². The Labute approximate surface area is 65.7 Å². The van der Waals surface area contributed by atoms with E-state index in [0.29, 0.717) is 11.2 Å². The first-order chi connectivity index (χ1) is 4.61. The molecule has 0 aliphatic carbocycles. The maximum atomic E-state index is 11.2. The van der Waals surface area contributed by atoms with Crippen LogP contribution in [0.3, 0.4) is 0 Å². The van der Waals surface area contributed by atoms with Crippen molar-refractivity contribution < 1.29 is 4.21 Å². The first-order valence-corrected chi connectivity index (χ1v) is 5.36. The summed E-state index contributed by atoms with van der Waals surface area (Å²) >= 11 is 0. The van der Waals surface area contributed by atoms with E-state index >= 15 is 0 Å². The van der Waals surface area contributed by atoms with Gasteiger partial charge in [-0.2, -0.15) is 0 Å². The van der Waals surface area contributed by atoms with Crippen molar-refractivity contribution >= 4 is 10.8 Å². The van der Waals surface area contributed by atoms with Crippen LogP contribution in [-0.4, -0.2) is 15.2 Å². The van der Waals surface area contributed by atoms with Crippen LogP contribution in [0, 0.1) is 11.8 Å². The second kappa shape index (κ2) is 3.04. The van der Waals surface area contributed by atoms with Gasteiger partial charge in [0.25, 0.3) is 0 Å². The minimum absolute atomic E-state index is 0.451. The highest BCUT2D eigenvalue weighted by atomic mass is 32.2. The molecule has 3 atom stereocenters. The minimum atomic E-state index is -0.518. The second-order valence-electron chi connectivity index (χ2n) is 3.60. The third-order valence-electron chi connectivity index (χ3n) is 2.40. The van der Waals surface area contributed by atoms with Crippen molar-refractivity contribution in [2.45, 2.75) is 32.4 Å². The van der Waals surface area contributed by atoms with E-state index in [2.05, 4.69) is 20.8 Å². The largest absolute Gasteiger partial charge is 0.259 e. The molecular weight excluding hydrogens is 144 g/mol. The van der Waals surface area contributed by atoms with E-state index in [9.17, 15) is 4.21 Å². The van der Waals surface area contributed by atoms with Crippen LogP contribution in [0.2, 0.25) is 0 Å². The van der Waals surface area contributed by atoms with Gasteiger partial charge in [0, 0.05) is 21.8 Å². The van der Waals surface area contributed by atoms with Crippen LogP contribution in [0.4, 0.5) is 0 Å². The fraction of sp³-hybridized carbons (Fsp3) is 1.00. The van der Waals surface area contributed by atoms with E-state index < -0.39 is 10.8 Å². The van der Waals surface area contributed by atoms with E-state index in [0.717, 1.165) is 11.7 Å². The average Bonchev–Trinajstić information content (AvgIpc) is 2.13. The molecule has 2 heteroatoms. The predicted molar refractivity (Wildman–Crippen MR) is 45.4 cm³/mol. The summed E-state index contributed by atoms with van der Waals surface area (Å²) in [5, 5.41) is 0.451. The van der Waals surface area contributed by atoms with Gasteiger partial charge >= 0.3 is 0 Å². The van der Waals surface area contributed by atoms with Gasteiger partial charge in [-0.05, 0) is 18.3 Å². The van der Waals surface area contributed by atoms with Crippen LogP contribution in [0.25, 0.3) is 0 Å². The summed E-state index contributed by atoms with van der Waals surface area (Å²) in [5.41, 5.74) is 0. The third kappa shape index (κ3) is 1.60. The molecule has 1 heterocycles. The average molecular weight is 160 g/mol. The summed E-state index contributed by atoms with van der Waals surface area (Å²) in [5.74, 6) is 2.38. The Hall–Kier alpha value is 0.150. The Kier molecular flexibility index (Phi) is 2.50. The SMILES string of the molecule is CC(C)C1C[C@H](C)S(=O)C1.